The van der Waals surface area contributed by atoms with Crippen LogP contribution in [0.4, 0.5) is 0 Å². The number of unbranched alkanes of at least 4 members (excludes halogenated alkanes) is 45. The molecule has 0 heterocycles. The zero-order chi connectivity index (χ0) is 47.7. The van der Waals surface area contributed by atoms with E-state index in [4.69, 9.17) is 0 Å². The van der Waals surface area contributed by atoms with Crippen molar-refractivity contribution in [2.24, 2.45) is 0 Å². The Hall–Kier alpha value is -1.39. The first-order valence-corrected chi connectivity index (χ1v) is 30.2. The first kappa shape index (κ1) is 64.6. The number of allylic oxidation sites excluding steroid dienone is 5. The molecule has 0 fully saturated rings. The number of nitrogens with one attached hydrogen (secondary N) is 1. The summed E-state index contributed by atoms with van der Waals surface area (Å²) in [5, 5.41) is 23.1. The molecule has 0 aromatic rings. The second-order valence-corrected chi connectivity index (χ2v) is 20.8. The Labute approximate surface area is 414 Å². The van der Waals surface area contributed by atoms with Gasteiger partial charge in [-0.2, -0.15) is 0 Å². The van der Waals surface area contributed by atoms with Gasteiger partial charge in [0.05, 0.1) is 18.8 Å². The highest BCUT2D eigenvalue weighted by molar-refractivity contribution is 5.76. The molecule has 0 saturated heterocycles. The van der Waals surface area contributed by atoms with Crippen LogP contribution in [0, 0.1) is 0 Å². The number of carbonyl (C=O) groups excluding carboxylic acids is 1. The SMILES string of the molecule is CCCCCCC/C=C\C/C=C\CCCCCCCCCCCCCCCCCCCCCCCCCCCCCCCC(=O)NC(CO)C(O)/C=C/CCCCCCCCCCCCC. The van der Waals surface area contributed by atoms with Crippen molar-refractivity contribution >= 4 is 5.91 Å². The van der Waals surface area contributed by atoms with E-state index in [1.54, 1.807) is 6.08 Å². The number of amides is 1. The van der Waals surface area contributed by atoms with E-state index in [0.29, 0.717) is 6.42 Å². The Morgan fingerprint density at radius 3 is 0.909 bits per heavy atom. The summed E-state index contributed by atoms with van der Waals surface area (Å²) in [7, 11) is 0. The summed E-state index contributed by atoms with van der Waals surface area (Å²) in [5.41, 5.74) is 0. The smallest absolute Gasteiger partial charge is 0.220 e. The number of hydrogen-bond donors (Lipinski definition) is 3. The zero-order valence-corrected chi connectivity index (χ0v) is 45.0. The molecule has 0 spiro atoms. The van der Waals surface area contributed by atoms with Crippen molar-refractivity contribution in [3.63, 3.8) is 0 Å². The summed E-state index contributed by atoms with van der Waals surface area (Å²) < 4.78 is 0. The lowest BCUT2D eigenvalue weighted by Crippen LogP contribution is -2.45. The minimum atomic E-state index is -0.836. The van der Waals surface area contributed by atoms with Crippen molar-refractivity contribution < 1.29 is 15.0 Å². The van der Waals surface area contributed by atoms with Crippen LogP contribution >= 0.6 is 0 Å². The third-order valence-corrected chi connectivity index (χ3v) is 14.1. The molecule has 4 nitrogen and oxygen atoms in total. The average molecular weight is 927 g/mol. The molecular weight excluding hydrogens is 807 g/mol. The first-order valence-electron chi connectivity index (χ1n) is 30.2. The molecule has 4 heteroatoms. The molecule has 390 valence electrons. The summed E-state index contributed by atoms with van der Waals surface area (Å²) in [5.74, 6) is -0.0585. The number of carbonyl (C=O) groups is 1. The molecule has 0 aromatic carbocycles. The van der Waals surface area contributed by atoms with Gasteiger partial charge in [0.1, 0.15) is 0 Å². The van der Waals surface area contributed by atoms with Gasteiger partial charge in [0.2, 0.25) is 5.91 Å². The molecule has 1 amide bonds. The third kappa shape index (κ3) is 53.6. The van der Waals surface area contributed by atoms with Crippen LogP contribution in [0.3, 0.4) is 0 Å². The number of rotatable bonds is 56. The molecule has 0 aliphatic rings. The minimum Gasteiger partial charge on any atom is -0.394 e. The van der Waals surface area contributed by atoms with E-state index in [9.17, 15) is 15.0 Å². The van der Waals surface area contributed by atoms with Crippen LogP contribution in [0.5, 0.6) is 0 Å². The van der Waals surface area contributed by atoms with Gasteiger partial charge in [-0.3, -0.25) is 4.79 Å². The van der Waals surface area contributed by atoms with Gasteiger partial charge in [0.15, 0.2) is 0 Å². The topological polar surface area (TPSA) is 69.6 Å². The monoisotopic (exact) mass is 926 g/mol. The second kappa shape index (κ2) is 57.9. The molecule has 0 bridgehead atoms. The maximum Gasteiger partial charge on any atom is 0.220 e. The van der Waals surface area contributed by atoms with Crippen molar-refractivity contribution in [3.05, 3.63) is 36.5 Å². The highest BCUT2D eigenvalue weighted by Crippen LogP contribution is 2.18. The van der Waals surface area contributed by atoms with Crippen molar-refractivity contribution in [1.82, 2.24) is 5.32 Å². The summed E-state index contributed by atoms with van der Waals surface area (Å²) in [6, 6.07) is -0.619. The van der Waals surface area contributed by atoms with Gasteiger partial charge < -0.3 is 15.5 Å². The summed E-state index contributed by atoms with van der Waals surface area (Å²) >= 11 is 0. The Balaban J connectivity index is 3.35. The van der Waals surface area contributed by atoms with Crippen molar-refractivity contribution in [1.29, 1.82) is 0 Å². The first-order chi connectivity index (χ1) is 32.7. The van der Waals surface area contributed by atoms with Crippen LogP contribution < -0.4 is 5.32 Å². The maximum absolute atomic E-state index is 12.4. The minimum absolute atomic E-state index is 0.0585. The lowest BCUT2D eigenvalue weighted by Gasteiger charge is -2.20. The van der Waals surface area contributed by atoms with Gasteiger partial charge in [-0.25, -0.2) is 0 Å². The predicted octanol–water partition coefficient (Wildman–Crippen LogP) is 20.0. The lowest BCUT2D eigenvalue weighted by atomic mass is 10.0. The van der Waals surface area contributed by atoms with Gasteiger partial charge in [-0.15, -0.1) is 0 Å². The summed E-state index contributed by atoms with van der Waals surface area (Å²) in [6.07, 6.45) is 79.2. The van der Waals surface area contributed by atoms with E-state index in [1.807, 2.05) is 6.08 Å². The second-order valence-electron chi connectivity index (χ2n) is 20.8. The van der Waals surface area contributed by atoms with E-state index in [1.165, 1.54) is 283 Å². The molecule has 0 radical (unpaired) electrons. The van der Waals surface area contributed by atoms with E-state index < -0.39 is 12.1 Å². The largest absolute Gasteiger partial charge is 0.394 e. The summed E-state index contributed by atoms with van der Waals surface area (Å²) in [6.45, 7) is 4.31. The highest BCUT2D eigenvalue weighted by atomic mass is 16.3. The van der Waals surface area contributed by atoms with Crippen molar-refractivity contribution in [3.8, 4) is 0 Å². The van der Waals surface area contributed by atoms with Gasteiger partial charge in [0, 0.05) is 6.42 Å². The van der Waals surface area contributed by atoms with Crippen LogP contribution in [0.15, 0.2) is 36.5 Å². The van der Waals surface area contributed by atoms with Gasteiger partial charge in [-0.05, 0) is 51.4 Å². The molecule has 0 aliphatic heterocycles. The third-order valence-electron chi connectivity index (χ3n) is 14.1. The van der Waals surface area contributed by atoms with E-state index in [-0.39, 0.29) is 12.5 Å². The van der Waals surface area contributed by atoms with Gasteiger partial charge in [0.25, 0.3) is 0 Å². The fourth-order valence-electron chi connectivity index (χ4n) is 9.51. The molecule has 0 aliphatic carbocycles. The maximum atomic E-state index is 12.4. The Morgan fingerprint density at radius 2 is 0.621 bits per heavy atom. The molecule has 66 heavy (non-hydrogen) atoms. The van der Waals surface area contributed by atoms with E-state index >= 15 is 0 Å². The van der Waals surface area contributed by atoms with E-state index in [2.05, 4.69) is 43.5 Å². The normalized spacial score (nSPS) is 13.0. The molecule has 2 atom stereocenters. The van der Waals surface area contributed by atoms with Crippen molar-refractivity contribution in [2.45, 2.75) is 347 Å². The zero-order valence-electron chi connectivity index (χ0n) is 45.0. The molecule has 0 saturated carbocycles. The Morgan fingerprint density at radius 1 is 0.364 bits per heavy atom. The lowest BCUT2D eigenvalue weighted by molar-refractivity contribution is -0.123. The van der Waals surface area contributed by atoms with Gasteiger partial charge >= 0.3 is 0 Å². The van der Waals surface area contributed by atoms with Crippen LogP contribution in [0.25, 0.3) is 0 Å². The summed E-state index contributed by atoms with van der Waals surface area (Å²) in [4.78, 5) is 12.4. The number of aliphatic hydroxyl groups is 2. The average Bonchev–Trinajstić information content (AvgIpc) is 3.32. The van der Waals surface area contributed by atoms with Crippen LogP contribution in [-0.4, -0.2) is 34.9 Å². The Bertz CT molecular complexity index is 1010. The fourth-order valence-corrected chi connectivity index (χ4v) is 9.51. The number of hydrogen-bond acceptors (Lipinski definition) is 3. The van der Waals surface area contributed by atoms with Crippen LogP contribution in [0.2, 0.25) is 0 Å². The molecule has 2 unspecified atom stereocenters. The van der Waals surface area contributed by atoms with Crippen LogP contribution in [-0.2, 0) is 4.79 Å². The fraction of sp³-hybridized carbons (Fsp3) is 0.887. The molecule has 0 aromatic heterocycles. The number of aliphatic hydroxyl groups excluding tert-OH is 2. The molecule has 3 N–H and O–H groups in total. The highest BCUT2D eigenvalue weighted by Gasteiger charge is 2.18. The molecular formula is C62H119NO3. The van der Waals surface area contributed by atoms with E-state index in [0.717, 1.165) is 32.1 Å². The Kier molecular flexibility index (Phi) is 56.7. The molecule has 0 rings (SSSR count). The standard InChI is InChI=1S/C62H119NO3/c1-3-5-7-9-11-13-15-17-18-19-20-21-22-23-24-25-26-27-28-29-30-31-32-33-34-35-36-37-38-39-40-41-42-43-44-46-48-50-52-54-56-58-62(66)63-60(59-64)61(65)57-55-53-51-49-47-45-16-14-12-10-8-6-4-2/h15,17,19-20,55,57,60-61,64-65H,3-14,16,18,21-54,56,58-59H2,1-2H3,(H,63,66)/b17-15-,20-19-,57-55+. The quantitative estimate of drug-likeness (QED) is 0.0420. The van der Waals surface area contributed by atoms with Crippen LogP contribution in [0.1, 0.15) is 335 Å². The van der Waals surface area contributed by atoms with Crippen molar-refractivity contribution in [2.75, 3.05) is 6.61 Å². The predicted molar refractivity (Wildman–Crippen MR) is 295 cm³/mol. The van der Waals surface area contributed by atoms with Gasteiger partial charge in [-0.1, -0.05) is 314 Å².